The van der Waals surface area contributed by atoms with Crippen molar-refractivity contribution in [2.45, 2.75) is 6.54 Å². The van der Waals surface area contributed by atoms with Crippen LogP contribution < -0.4 is 10.5 Å². The molecule has 0 spiro atoms. The van der Waals surface area contributed by atoms with E-state index in [2.05, 4.69) is 0 Å². The summed E-state index contributed by atoms with van der Waals surface area (Å²) >= 11 is 0. The first-order valence-corrected chi connectivity index (χ1v) is 6.07. The van der Waals surface area contributed by atoms with Crippen molar-refractivity contribution >= 4 is 5.91 Å². The van der Waals surface area contributed by atoms with E-state index in [-0.39, 0.29) is 12.5 Å². The van der Waals surface area contributed by atoms with Crippen LogP contribution in [-0.2, 0) is 16.1 Å². The van der Waals surface area contributed by atoms with E-state index in [0.717, 1.165) is 11.3 Å². The Hall–Kier alpha value is -1.59. The summed E-state index contributed by atoms with van der Waals surface area (Å²) in [5.74, 6) is 0.833. The van der Waals surface area contributed by atoms with E-state index in [4.69, 9.17) is 15.2 Å². The van der Waals surface area contributed by atoms with Gasteiger partial charge >= 0.3 is 0 Å². The lowest BCUT2D eigenvalue weighted by atomic mass is 10.2. The standard InChI is InChI=1S/C13H18N2O3/c14-5-7-17-10-13(16)15-6-8-18-12-4-2-1-3-11(12)9-15/h1-4H,5-10,14H2. The van der Waals surface area contributed by atoms with Crippen molar-refractivity contribution in [1.82, 2.24) is 4.90 Å². The van der Waals surface area contributed by atoms with E-state index in [1.165, 1.54) is 0 Å². The third kappa shape index (κ3) is 3.21. The number of para-hydroxylation sites is 1. The molecule has 0 fully saturated rings. The molecular formula is C13H18N2O3. The van der Waals surface area contributed by atoms with Crippen LogP contribution in [0.1, 0.15) is 5.56 Å². The number of nitrogens with two attached hydrogens (primary N) is 1. The molecule has 1 aliphatic heterocycles. The lowest BCUT2D eigenvalue weighted by molar-refractivity contribution is -0.136. The number of ether oxygens (including phenoxy) is 2. The smallest absolute Gasteiger partial charge is 0.248 e. The van der Waals surface area contributed by atoms with Gasteiger partial charge in [-0.1, -0.05) is 18.2 Å². The zero-order chi connectivity index (χ0) is 12.8. The highest BCUT2D eigenvalue weighted by Crippen LogP contribution is 2.22. The van der Waals surface area contributed by atoms with Gasteiger partial charge in [0.05, 0.1) is 13.2 Å². The SMILES string of the molecule is NCCOCC(=O)N1CCOc2ccccc2C1. The van der Waals surface area contributed by atoms with Crippen LogP contribution in [0.4, 0.5) is 0 Å². The van der Waals surface area contributed by atoms with E-state index >= 15 is 0 Å². The molecular weight excluding hydrogens is 232 g/mol. The number of benzene rings is 1. The van der Waals surface area contributed by atoms with Gasteiger partial charge in [-0.05, 0) is 6.07 Å². The summed E-state index contributed by atoms with van der Waals surface area (Å²) in [5, 5.41) is 0. The fourth-order valence-electron chi connectivity index (χ4n) is 1.87. The first-order chi connectivity index (χ1) is 8.81. The van der Waals surface area contributed by atoms with E-state index in [1.54, 1.807) is 4.90 Å². The number of hydrogen-bond acceptors (Lipinski definition) is 4. The van der Waals surface area contributed by atoms with Crippen molar-refractivity contribution < 1.29 is 14.3 Å². The van der Waals surface area contributed by atoms with Gasteiger partial charge in [0.25, 0.3) is 0 Å². The second kappa shape index (κ2) is 6.37. The maximum absolute atomic E-state index is 11.9. The molecule has 1 aliphatic rings. The third-order valence-corrected chi connectivity index (χ3v) is 2.79. The maximum Gasteiger partial charge on any atom is 0.248 e. The highest BCUT2D eigenvalue weighted by Gasteiger charge is 2.19. The Balaban J connectivity index is 1.97. The van der Waals surface area contributed by atoms with E-state index in [9.17, 15) is 4.79 Å². The quantitative estimate of drug-likeness (QED) is 0.785. The van der Waals surface area contributed by atoms with Crippen LogP contribution in [0.15, 0.2) is 24.3 Å². The Morgan fingerprint density at radius 2 is 2.28 bits per heavy atom. The highest BCUT2D eigenvalue weighted by atomic mass is 16.5. The van der Waals surface area contributed by atoms with Crippen molar-refractivity contribution in [1.29, 1.82) is 0 Å². The molecule has 1 aromatic rings. The molecule has 1 heterocycles. The molecule has 18 heavy (non-hydrogen) atoms. The van der Waals surface area contributed by atoms with Gasteiger partial charge in [0.2, 0.25) is 5.91 Å². The molecule has 0 saturated carbocycles. The van der Waals surface area contributed by atoms with Crippen molar-refractivity contribution in [3.63, 3.8) is 0 Å². The molecule has 2 rings (SSSR count). The van der Waals surface area contributed by atoms with Gasteiger partial charge in [0, 0.05) is 18.7 Å². The lowest BCUT2D eigenvalue weighted by Gasteiger charge is -2.19. The molecule has 1 aromatic carbocycles. The van der Waals surface area contributed by atoms with Crippen molar-refractivity contribution in [2.75, 3.05) is 32.9 Å². The minimum Gasteiger partial charge on any atom is -0.491 e. The van der Waals surface area contributed by atoms with Crippen LogP contribution in [0.25, 0.3) is 0 Å². The summed E-state index contributed by atoms with van der Waals surface area (Å²) in [6.45, 7) is 2.59. The minimum atomic E-state index is -0.0243. The molecule has 1 amide bonds. The average molecular weight is 250 g/mol. The fourth-order valence-corrected chi connectivity index (χ4v) is 1.87. The lowest BCUT2D eigenvalue weighted by Crippen LogP contribution is -2.35. The third-order valence-electron chi connectivity index (χ3n) is 2.79. The van der Waals surface area contributed by atoms with Crippen molar-refractivity contribution in [3.8, 4) is 5.75 Å². The first kappa shape index (κ1) is 12.9. The largest absolute Gasteiger partial charge is 0.491 e. The van der Waals surface area contributed by atoms with Crippen LogP contribution in [0, 0.1) is 0 Å². The van der Waals surface area contributed by atoms with Gasteiger partial charge in [-0.2, -0.15) is 0 Å². The summed E-state index contributed by atoms with van der Waals surface area (Å²) in [5.41, 5.74) is 6.34. The van der Waals surface area contributed by atoms with Crippen LogP contribution in [0.5, 0.6) is 5.75 Å². The zero-order valence-corrected chi connectivity index (χ0v) is 10.3. The molecule has 0 bridgehead atoms. The number of carbonyl (C=O) groups is 1. The topological polar surface area (TPSA) is 64.8 Å². The molecule has 98 valence electrons. The number of amides is 1. The molecule has 5 nitrogen and oxygen atoms in total. The van der Waals surface area contributed by atoms with Crippen LogP contribution in [-0.4, -0.2) is 43.7 Å². The summed E-state index contributed by atoms with van der Waals surface area (Å²) in [7, 11) is 0. The monoisotopic (exact) mass is 250 g/mol. The predicted molar refractivity (Wildman–Crippen MR) is 67.2 cm³/mol. The molecule has 2 N–H and O–H groups in total. The fraction of sp³-hybridized carbons (Fsp3) is 0.462. The van der Waals surface area contributed by atoms with Crippen LogP contribution in [0.3, 0.4) is 0 Å². The summed E-state index contributed by atoms with van der Waals surface area (Å²) in [6.07, 6.45) is 0. The molecule has 0 atom stereocenters. The Labute approximate surface area is 106 Å². The average Bonchev–Trinajstić information content (AvgIpc) is 2.61. The van der Waals surface area contributed by atoms with Crippen molar-refractivity contribution in [2.24, 2.45) is 5.73 Å². The Bertz CT molecular complexity index is 409. The second-order valence-corrected chi connectivity index (χ2v) is 4.11. The molecule has 0 aliphatic carbocycles. The second-order valence-electron chi connectivity index (χ2n) is 4.11. The molecule has 5 heteroatoms. The highest BCUT2D eigenvalue weighted by molar-refractivity contribution is 5.77. The number of hydrogen-bond donors (Lipinski definition) is 1. The predicted octanol–water partition coefficient (Wildman–Crippen LogP) is 0.383. The molecule has 0 saturated heterocycles. The van der Waals surface area contributed by atoms with Crippen molar-refractivity contribution in [3.05, 3.63) is 29.8 Å². The maximum atomic E-state index is 11.9. The van der Waals surface area contributed by atoms with Crippen LogP contribution in [0.2, 0.25) is 0 Å². The van der Waals surface area contributed by atoms with Gasteiger partial charge in [0.1, 0.15) is 19.0 Å². The van der Waals surface area contributed by atoms with E-state index in [1.807, 2.05) is 24.3 Å². The van der Waals surface area contributed by atoms with Gasteiger partial charge in [-0.25, -0.2) is 0 Å². The first-order valence-electron chi connectivity index (χ1n) is 6.07. The molecule has 0 aromatic heterocycles. The van der Waals surface area contributed by atoms with Gasteiger partial charge in [-0.3, -0.25) is 4.79 Å². The number of carbonyl (C=O) groups excluding carboxylic acids is 1. The zero-order valence-electron chi connectivity index (χ0n) is 10.3. The summed E-state index contributed by atoms with van der Waals surface area (Å²) in [4.78, 5) is 13.7. The summed E-state index contributed by atoms with van der Waals surface area (Å²) in [6, 6.07) is 7.78. The Kier molecular flexibility index (Phi) is 4.55. The van der Waals surface area contributed by atoms with E-state index < -0.39 is 0 Å². The van der Waals surface area contributed by atoms with Crippen LogP contribution >= 0.6 is 0 Å². The minimum absolute atomic E-state index is 0.0243. The Morgan fingerprint density at radius 1 is 1.44 bits per heavy atom. The van der Waals surface area contributed by atoms with Gasteiger partial charge in [-0.15, -0.1) is 0 Å². The Morgan fingerprint density at radius 3 is 3.11 bits per heavy atom. The number of fused-ring (bicyclic) bond motifs is 1. The molecule has 0 unspecified atom stereocenters. The molecule has 0 radical (unpaired) electrons. The normalized spacial score (nSPS) is 14.6. The van der Waals surface area contributed by atoms with Gasteiger partial charge < -0.3 is 20.1 Å². The van der Waals surface area contributed by atoms with E-state index in [0.29, 0.717) is 32.8 Å². The van der Waals surface area contributed by atoms with Gasteiger partial charge in [0.15, 0.2) is 0 Å². The number of rotatable bonds is 4. The summed E-state index contributed by atoms with van der Waals surface area (Å²) < 4.78 is 10.8. The number of nitrogens with zero attached hydrogens (tertiary/aromatic N) is 1.